The number of carbonyl (C=O) groups excluding carboxylic acids is 1. The van der Waals surface area contributed by atoms with Crippen LogP contribution in [0.4, 0.5) is 4.39 Å². The number of benzene rings is 1. The summed E-state index contributed by atoms with van der Waals surface area (Å²) in [5.74, 6) is -0.462. The van der Waals surface area contributed by atoms with Crippen LogP contribution in [0.25, 0.3) is 0 Å². The monoisotopic (exact) mass is 226 g/mol. The van der Waals surface area contributed by atoms with Gasteiger partial charge in [0.15, 0.2) is 5.78 Å². The number of hydrogen-bond donors (Lipinski definition) is 0. The highest BCUT2D eigenvalue weighted by Gasteiger charge is 2.03. The smallest absolute Gasteiger partial charge is 0.159 e. The fourth-order valence-corrected chi connectivity index (χ4v) is 1.36. The molecular formula is C12H12ClFO. The lowest BCUT2D eigenvalue weighted by Crippen LogP contribution is -1.98. The molecule has 0 aliphatic carbocycles. The minimum atomic E-state index is -0.461. The van der Waals surface area contributed by atoms with E-state index in [0.717, 1.165) is 12.0 Å². The molecule has 1 aromatic carbocycles. The van der Waals surface area contributed by atoms with E-state index < -0.39 is 5.82 Å². The quantitative estimate of drug-likeness (QED) is 0.718. The predicted molar refractivity (Wildman–Crippen MR) is 59.6 cm³/mol. The summed E-state index contributed by atoms with van der Waals surface area (Å²) < 4.78 is 12.8. The third kappa shape index (κ3) is 3.84. The van der Waals surface area contributed by atoms with Crippen LogP contribution >= 0.6 is 11.6 Å². The van der Waals surface area contributed by atoms with Crippen molar-refractivity contribution in [3.8, 4) is 0 Å². The number of rotatable bonds is 4. The third-order valence-electron chi connectivity index (χ3n) is 1.90. The maximum atomic E-state index is 12.8. The summed E-state index contributed by atoms with van der Waals surface area (Å²) in [6, 6.07) is 4.32. The molecule has 0 saturated heterocycles. The molecule has 3 heteroatoms. The molecule has 80 valence electrons. The summed E-state index contributed by atoms with van der Waals surface area (Å²) in [5.41, 5.74) is 0.729. The number of ketones is 1. The van der Waals surface area contributed by atoms with E-state index >= 15 is 0 Å². The number of halogens is 2. The van der Waals surface area contributed by atoms with Gasteiger partial charge in [-0.1, -0.05) is 30.7 Å². The van der Waals surface area contributed by atoms with Crippen molar-refractivity contribution in [1.82, 2.24) is 0 Å². The van der Waals surface area contributed by atoms with E-state index in [4.69, 9.17) is 11.6 Å². The maximum Gasteiger partial charge on any atom is 0.159 e. The standard InChI is InChI=1S/C12H12ClFO/c1-2-3-4-10(15)7-9-5-6-12(14)11(13)8-9/h3-6,8H,2,7H2,1H3/b4-3+. The second-order valence-electron chi connectivity index (χ2n) is 3.20. The molecular weight excluding hydrogens is 215 g/mol. The molecule has 0 radical (unpaired) electrons. The van der Waals surface area contributed by atoms with Gasteiger partial charge >= 0.3 is 0 Å². The van der Waals surface area contributed by atoms with Crippen LogP contribution < -0.4 is 0 Å². The van der Waals surface area contributed by atoms with E-state index in [2.05, 4.69) is 0 Å². The van der Waals surface area contributed by atoms with Crippen molar-refractivity contribution < 1.29 is 9.18 Å². The van der Waals surface area contributed by atoms with E-state index in [1.165, 1.54) is 18.2 Å². The highest BCUT2D eigenvalue weighted by molar-refractivity contribution is 6.30. The van der Waals surface area contributed by atoms with Crippen molar-refractivity contribution >= 4 is 17.4 Å². The van der Waals surface area contributed by atoms with Gasteiger partial charge in [0.1, 0.15) is 5.82 Å². The first kappa shape index (κ1) is 11.9. The van der Waals surface area contributed by atoms with Crippen LogP contribution in [-0.4, -0.2) is 5.78 Å². The Bertz CT molecular complexity index is 385. The van der Waals surface area contributed by atoms with Gasteiger partial charge in [-0.3, -0.25) is 4.79 Å². The Balaban J connectivity index is 2.69. The Kier molecular flexibility index (Phi) is 4.50. The third-order valence-corrected chi connectivity index (χ3v) is 2.19. The average Bonchev–Trinajstić information content (AvgIpc) is 2.20. The van der Waals surface area contributed by atoms with Crippen LogP contribution in [-0.2, 0) is 11.2 Å². The van der Waals surface area contributed by atoms with Gasteiger partial charge < -0.3 is 0 Å². The zero-order valence-electron chi connectivity index (χ0n) is 8.47. The highest BCUT2D eigenvalue weighted by atomic mass is 35.5. The number of carbonyl (C=O) groups is 1. The lowest BCUT2D eigenvalue weighted by atomic mass is 10.1. The fraction of sp³-hybridized carbons (Fsp3) is 0.250. The van der Waals surface area contributed by atoms with Crippen molar-refractivity contribution in [3.63, 3.8) is 0 Å². The van der Waals surface area contributed by atoms with E-state index in [9.17, 15) is 9.18 Å². The van der Waals surface area contributed by atoms with Crippen molar-refractivity contribution in [1.29, 1.82) is 0 Å². The molecule has 0 atom stereocenters. The molecule has 0 bridgehead atoms. The minimum Gasteiger partial charge on any atom is -0.294 e. The van der Waals surface area contributed by atoms with E-state index in [-0.39, 0.29) is 17.2 Å². The van der Waals surface area contributed by atoms with E-state index in [1.54, 1.807) is 12.1 Å². The Hall–Kier alpha value is -1.15. The van der Waals surface area contributed by atoms with Gasteiger partial charge in [-0.15, -0.1) is 0 Å². The number of allylic oxidation sites excluding steroid dienone is 2. The summed E-state index contributed by atoms with van der Waals surface area (Å²) >= 11 is 5.60. The van der Waals surface area contributed by atoms with Crippen molar-refractivity contribution in [2.45, 2.75) is 19.8 Å². The Morgan fingerprint density at radius 2 is 2.27 bits per heavy atom. The molecule has 0 unspecified atom stereocenters. The zero-order chi connectivity index (χ0) is 11.3. The summed E-state index contributed by atoms with van der Waals surface area (Å²) in [6.45, 7) is 1.96. The summed E-state index contributed by atoms with van der Waals surface area (Å²) in [4.78, 5) is 11.3. The summed E-state index contributed by atoms with van der Waals surface area (Å²) in [5, 5.41) is 0.0553. The molecule has 0 saturated carbocycles. The van der Waals surface area contributed by atoms with Crippen LogP contribution in [0.1, 0.15) is 18.9 Å². The van der Waals surface area contributed by atoms with Crippen LogP contribution in [0.5, 0.6) is 0 Å². The molecule has 0 spiro atoms. The van der Waals surface area contributed by atoms with Crippen molar-refractivity contribution in [2.75, 3.05) is 0 Å². The van der Waals surface area contributed by atoms with E-state index in [0.29, 0.717) is 0 Å². The molecule has 15 heavy (non-hydrogen) atoms. The van der Waals surface area contributed by atoms with Gasteiger partial charge in [0.2, 0.25) is 0 Å². The first-order chi connectivity index (χ1) is 7.13. The maximum absolute atomic E-state index is 12.8. The summed E-state index contributed by atoms with van der Waals surface area (Å²) in [7, 11) is 0. The summed E-state index contributed by atoms with van der Waals surface area (Å²) in [6.07, 6.45) is 4.43. The lowest BCUT2D eigenvalue weighted by Gasteiger charge is -1.99. The molecule has 0 N–H and O–H groups in total. The van der Waals surface area contributed by atoms with Crippen LogP contribution in [0, 0.1) is 5.82 Å². The van der Waals surface area contributed by atoms with Gasteiger partial charge in [-0.05, 0) is 30.2 Å². The first-order valence-electron chi connectivity index (χ1n) is 4.76. The molecule has 1 rings (SSSR count). The largest absolute Gasteiger partial charge is 0.294 e. The predicted octanol–water partition coefficient (Wildman–Crippen LogP) is 3.56. The van der Waals surface area contributed by atoms with Gasteiger partial charge in [-0.2, -0.15) is 0 Å². The Labute approximate surface area is 93.6 Å². The first-order valence-corrected chi connectivity index (χ1v) is 5.14. The zero-order valence-corrected chi connectivity index (χ0v) is 9.22. The molecule has 0 aliphatic rings. The van der Waals surface area contributed by atoms with Crippen molar-refractivity contribution in [3.05, 3.63) is 46.8 Å². The van der Waals surface area contributed by atoms with Crippen LogP contribution in [0.15, 0.2) is 30.4 Å². The number of hydrogen-bond acceptors (Lipinski definition) is 1. The van der Waals surface area contributed by atoms with E-state index in [1.807, 2.05) is 6.92 Å². The van der Waals surface area contributed by atoms with Crippen LogP contribution in [0.3, 0.4) is 0 Å². The molecule has 0 heterocycles. The van der Waals surface area contributed by atoms with Gasteiger partial charge in [0.25, 0.3) is 0 Å². The van der Waals surface area contributed by atoms with Crippen LogP contribution in [0.2, 0.25) is 5.02 Å². The fourth-order valence-electron chi connectivity index (χ4n) is 1.16. The molecule has 0 aromatic heterocycles. The Morgan fingerprint density at radius 1 is 1.53 bits per heavy atom. The van der Waals surface area contributed by atoms with Gasteiger partial charge in [-0.25, -0.2) is 4.39 Å². The highest BCUT2D eigenvalue weighted by Crippen LogP contribution is 2.16. The molecule has 0 aliphatic heterocycles. The molecule has 1 aromatic rings. The average molecular weight is 227 g/mol. The molecule has 0 fully saturated rings. The minimum absolute atomic E-state index is 0.000440. The SMILES string of the molecule is CC/C=C/C(=O)Cc1ccc(F)c(Cl)c1. The lowest BCUT2D eigenvalue weighted by molar-refractivity contribution is -0.114. The normalized spacial score (nSPS) is 10.9. The molecule has 1 nitrogen and oxygen atoms in total. The van der Waals surface area contributed by atoms with Gasteiger partial charge in [0.05, 0.1) is 5.02 Å². The topological polar surface area (TPSA) is 17.1 Å². The second-order valence-corrected chi connectivity index (χ2v) is 3.61. The second kappa shape index (κ2) is 5.66. The Morgan fingerprint density at radius 3 is 2.87 bits per heavy atom. The van der Waals surface area contributed by atoms with Crippen molar-refractivity contribution in [2.24, 2.45) is 0 Å². The molecule has 0 amide bonds. The van der Waals surface area contributed by atoms with Gasteiger partial charge in [0, 0.05) is 6.42 Å².